The van der Waals surface area contributed by atoms with Gasteiger partial charge >= 0.3 is 0 Å². The molecule has 0 spiro atoms. The zero-order valence-corrected chi connectivity index (χ0v) is 13.1. The number of aryl methyl sites for hydroxylation is 1. The van der Waals surface area contributed by atoms with Gasteiger partial charge in [0.1, 0.15) is 5.82 Å². The molecule has 0 radical (unpaired) electrons. The van der Waals surface area contributed by atoms with E-state index < -0.39 is 17.3 Å². The molecule has 22 heavy (non-hydrogen) atoms. The summed E-state index contributed by atoms with van der Waals surface area (Å²) in [7, 11) is 0. The molecule has 1 aromatic rings. The molecule has 1 unspecified atom stereocenters. The number of halogens is 1. The zero-order chi connectivity index (χ0) is 16.2. The second kappa shape index (κ2) is 7.17. The maximum absolute atomic E-state index is 13.7. The Labute approximate surface area is 130 Å². The van der Waals surface area contributed by atoms with E-state index in [9.17, 15) is 14.3 Å². The fraction of sp³-hybridized carbons (Fsp3) is 0.562. The van der Waals surface area contributed by atoms with Crippen molar-refractivity contribution in [1.29, 1.82) is 0 Å². The van der Waals surface area contributed by atoms with Gasteiger partial charge < -0.3 is 15.2 Å². The number of nitrogens with zero attached hydrogens (tertiary/aromatic N) is 1. The number of hydrogen-bond acceptors (Lipinski definition) is 4. The van der Waals surface area contributed by atoms with Crippen LogP contribution in [0.1, 0.15) is 22.8 Å². The van der Waals surface area contributed by atoms with Crippen molar-refractivity contribution >= 4 is 5.91 Å². The Bertz CT molecular complexity index is 528. The van der Waals surface area contributed by atoms with Gasteiger partial charge in [-0.05, 0) is 26.0 Å². The maximum Gasteiger partial charge on any atom is 0.254 e. The van der Waals surface area contributed by atoms with Gasteiger partial charge in [0, 0.05) is 26.2 Å². The van der Waals surface area contributed by atoms with E-state index in [0.717, 1.165) is 18.7 Å². The number of carbonyl (C=O) groups is 1. The molecule has 1 aliphatic heterocycles. The number of rotatable bonds is 5. The second-order valence-corrected chi connectivity index (χ2v) is 6.05. The lowest BCUT2D eigenvalue weighted by molar-refractivity contribution is -0.0213. The lowest BCUT2D eigenvalue weighted by Crippen LogP contribution is -2.51. The van der Waals surface area contributed by atoms with Crippen LogP contribution >= 0.6 is 0 Å². The quantitative estimate of drug-likeness (QED) is 0.850. The molecule has 2 N–H and O–H groups in total. The highest BCUT2D eigenvalue weighted by Crippen LogP contribution is 2.11. The van der Waals surface area contributed by atoms with Gasteiger partial charge in [0.05, 0.1) is 24.4 Å². The molecule has 0 bridgehead atoms. The summed E-state index contributed by atoms with van der Waals surface area (Å²) in [5, 5.41) is 13.0. The average Bonchev–Trinajstić information content (AvgIpc) is 2.48. The van der Waals surface area contributed by atoms with Crippen LogP contribution in [0.5, 0.6) is 0 Å². The van der Waals surface area contributed by atoms with E-state index in [0.29, 0.717) is 19.8 Å². The number of benzene rings is 1. The van der Waals surface area contributed by atoms with E-state index in [1.54, 1.807) is 19.9 Å². The minimum absolute atomic E-state index is 0.00201. The first-order chi connectivity index (χ1) is 10.4. The third-order valence-corrected chi connectivity index (χ3v) is 3.66. The van der Waals surface area contributed by atoms with Crippen molar-refractivity contribution in [3.8, 4) is 0 Å². The van der Waals surface area contributed by atoms with Crippen LogP contribution in [-0.2, 0) is 4.74 Å². The van der Waals surface area contributed by atoms with Crippen molar-refractivity contribution in [2.75, 3.05) is 39.4 Å². The van der Waals surface area contributed by atoms with Crippen molar-refractivity contribution in [2.45, 2.75) is 19.4 Å². The monoisotopic (exact) mass is 310 g/mol. The topological polar surface area (TPSA) is 61.8 Å². The Morgan fingerprint density at radius 2 is 2.14 bits per heavy atom. The predicted octanol–water partition coefficient (Wildman–Crippen LogP) is 0.947. The van der Waals surface area contributed by atoms with Crippen LogP contribution in [-0.4, -0.2) is 60.9 Å². The second-order valence-electron chi connectivity index (χ2n) is 6.05. The van der Waals surface area contributed by atoms with Gasteiger partial charge in [-0.2, -0.15) is 0 Å². The molecule has 0 saturated carbocycles. The molecule has 2 rings (SSSR count). The van der Waals surface area contributed by atoms with Crippen molar-refractivity contribution < 1.29 is 19.0 Å². The molecule has 1 aliphatic rings. The summed E-state index contributed by atoms with van der Waals surface area (Å²) in [4.78, 5) is 14.1. The summed E-state index contributed by atoms with van der Waals surface area (Å²) in [6, 6.07) is 4.39. The van der Waals surface area contributed by atoms with E-state index >= 15 is 0 Å². The largest absolute Gasteiger partial charge is 0.387 e. The molecule has 0 aliphatic carbocycles. The summed E-state index contributed by atoms with van der Waals surface area (Å²) in [6.45, 7) is 6.78. The number of β-amino-alcohol motifs (C(OH)–C–C–N with tert-alkyl or cyclic N) is 1. The molecular weight excluding hydrogens is 287 g/mol. The van der Waals surface area contributed by atoms with Gasteiger partial charge in [-0.25, -0.2) is 4.39 Å². The van der Waals surface area contributed by atoms with Crippen molar-refractivity contribution in [1.82, 2.24) is 10.2 Å². The molecule has 1 aromatic carbocycles. The standard InChI is InChI=1S/C16H23FN2O3/c1-12-3-4-14(17)13(9-12)15(20)18-10-16(2,21)11-19-5-7-22-8-6-19/h3-4,9,21H,5-8,10-11H2,1-2H3,(H,18,20). The summed E-state index contributed by atoms with van der Waals surface area (Å²) in [6.07, 6.45) is 0. The fourth-order valence-electron chi connectivity index (χ4n) is 2.48. The number of nitrogens with one attached hydrogen (secondary N) is 1. The highest BCUT2D eigenvalue weighted by atomic mass is 19.1. The molecular formula is C16H23FN2O3. The van der Waals surface area contributed by atoms with Crippen molar-refractivity contribution in [3.63, 3.8) is 0 Å². The highest BCUT2D eigenvalue weighted by Gasteiger charge is 2.26. The Kier molecular flexibility index (Phi) is 5.50. The van der Waals surface area contributed by atoms with Gasteiger partial charge in [0.2, 0.25) is 0 Å². The minimum Gasteiger partial charge on any atom is -0.387 e. The van der Waals surface area contributed by atoms with Crippen LogP contribution in [0.25, 0.3) is 0 Å². The van der Waals surface area contributed by atoms with E-state index in [1.165, 1.54) is 12.1 Å². The lowest BCUT2D eigenvalue weighted by atomic mass is 10.1. The van der Waals surface area contributed by atoms with Crippen LogP contribution < -0.4 is 5.32 Å². The molecule has 0 aromatic heterocycles. The van der Waals surface area contributed by atoms with Gasteiger partial charge in [0.15, 0.2) is 0 Å². The minimum atomic E-state index is -1.08. The first-order valence-corrected chi connectivity index (χ1v) is 7.44. The number of morpholine rings is 1. The molecule has 6 heteroatoms. The Morgan fingerprint density at radius 1 is 1.45 bits per heavy atom. The number of hydrogen-bond donors (Lipinski definition) is 2. The van der Waals surface area contributed by atoms with Gasteiger partial charge in [-0.3, -0.25) is 9.69 Å². The van der Waals surface area contributed by atoms with Crippen molar-refractivity contribution in [2.24, 2.45) is 0 Å². The Hall–Kier alpha value is -1.50. The highest BCUT2D eigenvalue weighted by molar-refractivity contribution is 5.94. The number of ether oxygens (including phenoxy) is 1. The number of amides is 1. The third kappa shape index (κ3) is 4.76. The summed E-state index contributed by atoms with van der Waals surface area (Å²) in [5.41, 5.74) is -0.262. The molecule has 1 amide bonds. The summed E-state index contributed by atoms with van der Waals surface area (Å²) in [5.74, 6) is -1.07. The van der Waals surface area contributed by atoms with Crippen LogP contribution in [0.3, 0.4) is 0 Å². The van der Waals surface area contributed by atoms with Crippen LogP contribution in [0.15, 0.2) is 18.2 Å². The normalized spacial score (nSPS) is 18.7. The van der Waals surface area contributed by atoms with Crippen LogP contribution in [0.2, 0.25) is 0 Å². The van der Waals surface area contributed by atoms with E-state index in [-0.39, 0.29) is 12.1 Å². The summed E-state index contributed by atoms with van der Waals surface area (Å²) < 4.78 is 18.9. The lowest BCUT2D eigenvalue weighted by Gasteiger charge is -2.33. The third-order valence-electron chi connectivity index (χ3n) is 3.66. The molecule has 1 atom stereocenters. The first-order valence-electron chi connectivity index (χ1n) is 7.44. The fourth-order valence-corrected chi connectivity index (χ4v) is 2.48. The predicted molar refractivity (Wildman–Crippen MR) is 81.4 cm³/mol. The first kappa shape index (κ1) is 16.9. The zero-order valence-electron chi connectivity index (χ0n) is 13.1. The molecule has 1 saturated heterocycles. The van der Waals surface area contributed by atoms with E-state index in [2.05, 4.69) is 10.2 Å². The van der Waals surface area contributed by atoms with Gasteiger partial charge in [0.25, 0.3) is 5.91 Å². The SMILES string of the molecule is Cc1ccc(F)c(C(=O)NCC(C)(O)CN2CCOCC2)c1. The van der Waals surface area contributed by atoms with E-state index in [4.69, 9.17) is 4.74 Å². The average molecular weight is 310 g/mol. The van der Waals surface area contributed by atoms with Crippen LogP contribution in [0, 0.1) is 12.7 Å². The molecule has 1 fully saturated rings. The molecule has 5 nitrogen and oxygen atoms in total. The smallest absolute Gasteiger partial charge is 0.254 e. The van der Waals surface area contributed by atoms with Gasteiger partial charge in [-0.15, -0.1) is 0 Å². The molecule has 122 valence electrons. The van der Waals surface area contributed by atoms with Gasteiger partial charge in [-0.1, -0.05) is 11.6 Å². The van der Waals surface area contributed by atoms with E-state index in [1.807, 2.05) is 0 Å². The number of carbonyl (C=O) groups excluding carboxylic acids is 1. The summed E-state index contributed by atoms with van der Waals surface area (Å²) >= 11 is 0. The number of aliphatic hydroxyl groups is 1. The van der Waals surface area contributed by atoms with Crippen molar-refractivity contribution in [3.05, 3.63) is 35.1 Å². The Balaban J connectivity index is 1.90. The maximum atomic E-state index is 13.7. The molecule has 1 heterocycles. The Morgan fingerprint density at radius 3 is 2.82 bits per heavy atom. The van der Waals surface area contributed by atoms with Crippen LogP contribution in [0.4, 0.5) is 4.39 Å².